The lowest BCUT2D eigenvalue weighted by molar-refractivity contribution is 1.35. The van der Waals surface area contributed by atoms with Gasteiger partial charge in [-0.1, -0.05) is 18.2 Å². The van der Waals surface area contributed by atoms with Crippen LogP contribution in [0.25, 0.3) is 43.6 Å². The molecule has 0 amide bonds. The lowest BCUT2D eigenvalue weighted by Gasteiger charge is -2.07. The van der Waals surface area contributed by atoms with Crippen LogP contribution in [-0.2, 0) is 0 Å². The van der Waals surface area contributed by atoms with Crippen molar-refractivity contribution in [2.24, 2.45) is 0 Å². The van der Waals surface area contributed by atoms with Crippen LogP contribution in [0.4, 0.5) is 0 Å². The van der Waals surface area contributed by atoms with E-state index >= 15 is 0 Å². The van der Waals surface area contributed by atoms with Crippen molar-refractivity contribution in [2.75, 3.05) is 0 Å². The number of benzene rings is 2. The standard InChI is InChI=1S/C17H10N4/c1-2-10-3-5-12-15(16(10)18-7-1)14-11(8-19-12)4-6-13-17(14)21-9-20-13/h1-9,19H. The molecule has 0 spiro atoms. The molecule has 3 heterocycles. The van der Waals surface area contributed by atoms with Crippen molar-refractivity contribution in [1.29, 1.82) is 0 Å². The molecule has 5 rings (SSSR count). The first kappa shape index (κ1) is 10.7. The van der Waals surface area contributed by atoms with E-state index in [0.717, 1.165) is 43.6 Å². The van der Waals surface area contributed by atoms with Crippen LogP contribution in [0.2, 0.25) is 0 Å². The van der Waals surface area contributed by atoms with Gasteiger partial charge in [0.2, 0.25) is 0 Å². The molecule has 4 heteroatoms. The highest BCUT2D eigenvalue weighted by atomic mass is 14.9. The van der Waals surface area contributed by atoms with E-state index in [2.05, 4.69) is 44.2 Å². The van der Waals surface area contributed by atoms with Gasteiger partial charge < -0.3 is 4.98 Å². The zero-order valence-electron chi connectivity index (χ0n) is 11.0. The minimum Gasteiger partial charge on any atom is -0.360 e. The highest BCUT2D eigenvalue weighted by Gasteiger charge is 2.11. The summed E-state index contributed by atoms with van der Waals surface area (Å²) in [5, 5.41) is 4.47. The van der Waals surface area contributed by atoms with Gasteiger partial charge in [-0.3, -0.25) is 4.98 Å². The average Bonchev–Trinajstić information content (AvgIpc) is 3.02. The number of H-pyrrole nitrogens is 1. The van der Waals surface area contributed by atoms with Crippen LogP contribution in [0.5, 0.6) is 0 Å². The summed E-state index contributed by atoms with van der Waals surface area (Å²) in [6.07, 6.45) is 5.46. The van der Waals surface area contributed by atoms with Crippen LogP contribution in [0.1, 0.15) is 0 Å². The molecule has 0 saturated carbocycles. The number of hydrogen-bond donors (Lipinski definition) is 1. The van der Waals surface area contributed by atoms with E-state index in [1.807, 2.05) is 24.5 Å². The van der Waals surface area contributed by atoms with Crippen molar-refractivity contribution in [1.82, 2.24) is 19.9 Å². The molecule has 0 saturated heterocycles. The summed E-state index contributed by atoms with van der Waals surface area (Å²) in [6.45, 7) is 0. The van der Waals surface area contributed by atoms with Gasteiger partial charge in [0, 0.05) is 39.5 Å². The lowest BCUT2D eigenvalue weighted by Crippen LogP contribution is -1.87. The lowest BCUT2D eigenvalue weighted by atomic mass is 10.0. The predicted molar refractivity (Wildman–Crippen MR) is 84.2 cm³/mol. The van der Waals surface area contributed by atoms with Crippen molar-refractivity contribution >= 4 is 43.6 Å². The number of hydrogen-bond acceptors (Lipinski definition) is 3. The van der Waals surface area contributed by atoms with Crippen molar-refractivity contribution in [3.05, 3.63) is 55.1 Å². The van der Waals surface area contributed by atoms with Crippen molar-refractivity contribution in [3.8, 4) is 0 Å². The van der Waals surface area contributed by atoms with Crippen LogP contribution in [0.15, 0.2) is 55.1 Å². The van der Waals surface area contributed by atoms with E-state index in [1.54, 1.807) is 6.33 Å². The first-order valence-electron chi connectivity index (χ1n) is 6.80. The summed E-state index contributed by atoms with van der Waals surface area (Å²) >= 11 is 0. The monoisotopic (exact) mass is 270 g/mol. The van der Waals surface area contributed by atoms with E-state index in [4.69, 9.17) is 0 Å². The Bertz CT molecular complexity index is 1140. The number of aromatic amines is 1. The van der Waals surface area contributed by atoms with Crippen LogP contribution in [-0.4, -0.2) is 19.9 Å². The molecule has 0 aliphatic carbocycles. The van der Waals surface area contributed by atoms with Gasteiger partial charge in [0.1, 0.15) is 6.33 Å². The minimum absolute atomic E-state index is 0.919. The molecular formula is C17H10N4. The van der Waals surface area contributed by atoms with Gasteiger partial charge >= 0.3 is 0 Å². The van der Waals surface area contributed by atoms with Gasteiger partial charge in [-0.05, 0) is 18.2 Å². The van der Waals surface area contributed by atoms with Gasteiger partial charge in [-0.15, -0.1) is 0 Å². The van der Waals surface area contributed by atoms with Crippen molar-refractivity contribution in [2.45, 2.75) is 0 Å². The Morgan fingerprint density at radius 3 is 2.71 bits per heavy atom. The number of nitrogens with zero attached hydrogens (tertiary/aromatic N) is 3. The SMILES string of the molecule is c1cnc2c(c1)ccc1[nH]cc3ccc4ncnc4c3c12. The Labute approximate surface area is 119 Å². The highest BCUT2D eigenvalue weighted by Crippen LogP contribution is 2.33. The smallest absolute Gasteiger partial charge is 0.116 e. The Morgan fingerprint density at radius 2 is 1.71 bits per heavy atom. The summed E-state index contributed by atoms with van der Waals surface area (Å²) in [5.41, 5.74) is 3.91. The maximum Gasteiger partial charge on any atom is 0.116 e. The molecule has 98 valence electrons. The molecule has 0 unspecified atom stereocenters. The third kappa shape index (κ3) is 1.36. The van der Waals surface area contributed by atoms with Crippen LogP contribution >= 0.6 is 0 Å². The number of pyridine rings is 2. The second kappa shape index (κ2) is 3.76. The molecule has 2 aromatic carbocycles. The van der Waals surface area contributed by atoms with Crippen LogP contribution in [0, 0.1) is 0 Å². The summed E-state index contributed by atoms with van der Waals surface area (Å²) in [7, 11) is 0. The van der Waals surface area contributed by atoms with E-state index in [0.29, 0.717) is 0 Å². The van der Waals surface area contributed by atoms with E-state index in [-0.39, 0.29) is 0 Å². The fraction of sp³-hybridized carbons (Fsp3) is 0. The third-order valence-corrected chi connectivity index (χ3v) is 3.98. The zero-order valence-corrected chi connectivity index (χ0v) is 11.0. The fourth-order valence-corrected chi connectivity index (χ4v) is 3.04. The zero-order chi connectivity index (χ0) is 13.8. The Morgan fingerprint density at radius 1 is 0.762 bits per heavy atom. The molecule has 0 aliphatic rings. The molecule has 4 nitrogen and oxygen atoms in total. The fourth-order valence-electron chi connectivity index (χ4n) is 3.04. The van der Waals surface area contributed by atoms with Gasteiger partial charge in [0.05, 0.1) is 16.6 Å². The average molecular weight is 270 g/mol. The molecule has 21 heavy (non-hydrogen) atoms. The molecule has 0 radical (unpaired) electrons. The second-order valence-corrected chi connectivity index (χ2v) is 5.12. The number of nitrogens with one attached hydrogen (secondary N) is 1. The number of rotatable bonds is 0. The molecule has 0 bridgehead atoms. The molecule has 0 aliphatic heterocycles. The molecular weight excluding hydrogens is 260 g/mol. The largest absolute Gasteiger partial charge is 0.360 e. The second-order valence-electron chi connectivity index (χ2n) is 5.12. The third-order valence-electron chi connectivity index (χ3n) is 3.98. The Hall–Kier alpha value is -3.01. The van der Waals surface area contributed by atoms with E-state index < -0.39 is 0 Å². The Balaban J connectivity index is 2.21. The van der Waals surface area contributed by atoms with E-state index in [1.165, 1.54) is 0 Å². The van der Waals surface area contributed by atoms with Crippen LogP contribution < -0.4 is 0 Å². The summed E-state index contributed by atoms with van der Waals surface area (Å²) in [6, 6.07) is 12.3. The molecule has 3 aromatic heterocycles. The van der Waals surface area contributed by atoms with Gasteiger partial charge in [0.25, 0.3) is 0 Å². The quantitative estimate of drug-likeness (QED) is 0.435. The van der Waals surface area contributed by atoms with Gasteiger partial charge in [-0.25, -0.2) is 9.97 Å². The van der Waals surface area contributed by atoms with Gasteiger partial charge in [-0.2, -0.15) is 0 Å². The number of aromatic nitrogens is 4. The molecule has 1 N–H and O–H groups in total. The maximum atomic E-state index is 4.58. The number of imidazole rings is 1. The van der Waals surface area contributed by atoms with Crippen LogP contribution in [0.3, 0.4) is 0 Å². The topological polar surface area (TPSA) is 54.5 Å². The first-order chi connectivity index (χ1) is 10.4. The normalized spacial score (nSPS) is 11.8. The predicted octanol–water partition coefficient (Wildman–Crippen LogP) is 3.81. The molecule has 0 fully saturated rings. The molecule has 0 atom stereocenters. The van der Waals surface area contributed by atoms with Crippen molar-refractivity contribution in [3.63, 3.8) is 0 Å². The maximum absolute atomic E-state index is 4.58. The first-order valence-corrected chi connectivity index (χ1v) is 6.80. The Kier molecular flexibility index (Phi) is 1.92. The molecule has 5 aromatic rings. The summed E-state index contributed by atoms with van der Waals surface area (Å²) < 4.78 is 0. The summed E-state index contributed by atoms with van der Waals surface area (Å²) in [4.78, 5) is 16.7. The van der Waals surface area contributed by atoms with Gasteiger partial charge in [0.15, 0.2) is 0 Å². The highest BCUT2D eigenvalue weighted by molar-refractivity contribution is 6.24. The van der Waals surface area contributed by atoms with E-state index in [9.17, 15) is 0 Å². The number of fused-ring (bicyclic) bond motifs is 7. The minimum atomic E-state index is 0.919. The summed E-state index contributed by atoms with van der Waals surface area (Å²) in [5.74, 6) is 0. The van der Waals surface area contributed by atoms with Crippen molar-refractivity contribution < 1.29 is 0 Å².